The first kappa shape index (κ1) is 27.5. The minimum atomic E-state index is -0.565. The maximum absolute atomic E-state index is 12.4. The Morgan fingerprint density at radius 1 is 0.886 bits per heavy atom. The van der Waals surface area contributed by atoms with Crippen LogP contribution in [-0.2, 0) is 14.3 Å². The maximum atomic E-state index is 12.4. The molecule has 1 atom stereocenters. The fourth-order valence-corrected chi connectivity index (χ4v) is 4.09. The number of rotatable bonds is 4. The second-order valence-electron chi connectivity index (χ2n) is 9.07. The van der Waals surface area contributed by atoms with Gasteiger partial charge in [0, 0.05) is 49.3 Å². The molecule has 1 saturated carbocycles. The van der Waals surface area contributed by atoms with Crippen molar-refractivity contribution < 1.29 is 14.3 Å². The highest BCUT2D eigenvalue weighted by molar-refractivity contribution is 6.30. The molecule has 1 aliphatic carbocycles. The van der Waals surface area contributed by atoms with Gasteiger partial charge in [-0.1, -0.05) is 59.6 Å². The van der Waals surface area contributed by atoms with Crippen LogP contribution in [0.1, 0.15) is 19.3 Å². The Kier molecular flexibility index (Phi) is 11.3. The first-order valence-electron chi connectivity index (χ1n) is 12.2. The number of hydrogen-bond donors (Lipinski definition) is 0. The number of amides is 2. The molecule has 3 aliphatic rings. The number of ether oxygens (including phenoxy) is 1. The minimum absolute atomic E-state index is 0.00984. The van der Waals surface area contributed by atoms with Gasteiger partial charge in [0.05, 0.1) is 13.0 Å². The standard InChI is InChI=1S/C15H25N3O3.2C6H5Cl/c1-16-4-6-17(7-5-16)14(19)10-13-15(20)18(8-9-21-13)11-12-2-3-12;2*7-6-4-2-1-3-5-6/h12-13H,2-11H2,1H3;2*1-5H. The molecule has 2 aromatic carbocycles. The Morgan fingerprint density at radius 3 is 1.89 bits per heavy atom. The lowest BCUT2D eigenvalue weighted by atomic mass is 10.1. The van der Waals surface area contributed by atoms with Gasteiger partial charge >= 0.3 is 0 Å². The molecule has 2 aromatic rings. The monoisotopic (exact) mass is 519 g/mol. The Hall–Kier alpha value is -2.12. The summed E-state index contributed by atoms with van der Waals surface area (Å²) in [4.78, 5) is 30.7. The smallest absolute Gasteiger partial charge is 0.252 e. The van der Waals surface area contributed by atoms with Crippen LogP contribution in [0.3, 0.4) is 0 Å². The second-order valence-corrected chi connectivity index (χ2v) is 9.94. The summed E-state index contributed by atoms with van der Waals surface area (Å²) >= 11 is 11.1. The van der Waals surface area contributed by atoms with Crippen LogP contribution < -0.4 is 0 Å². The number of nitrogens with zero attached hydrogens (tertiary/aromatic N) is 3. The third kappa shape index (κ3) is 10.2. The summed E-state index contributed by atoms with van der Waals surface area (Å²) in [7, 11) is 2.06. The van der Waals surface area contributed by atoms with Crippen LogP contribution in [0.4, 0.5) is 0 Å². The lowest BCUT2D eigenvalue weighted by Gasteiger charge is -2.35. The Bertz CT molecular complexity index is 867. The maximum Gasteiger partial charge on any atom is 0.252 e. The summed E-state index contributed by atoms with van der Waals surface area (Å²) in [6.07, 6.45) is 2.10. The molecule has 0 aromatic heterocycles. The lowest BCUT2D eigenvalue weighted by Crippen LogP contribution is -2.52. The van der Waals surface area contributed by atoms with Crippen LogP contribution in [0.2, 0.25) is 10.0 Å². The highest BCUT2D eigenvalue weighted by Gasteiger charge is 2.35. The van der Waals surface area contributed by atoms with E-state index in [-0.39, 0.29) is 18.2 Å². The van der Waals surface area contributed by atoms with Crippen LogP contribution in [0.25, 0.3) is 0 Å². The van der Waals surface area contributed by atoms with Crippen molar-refractivity contribution in [1.82, 2.24) is 14.7 Å². The van der Waals surface area contributed by atoms with Crippen molar-refractivity contribution in [1.29, 1.82) is 0 Å². The number of hydrogen-bond acceptors (Lipinski definition) is 4. The van der Waals surface area contributed by atoms with Crippen molar-refractivity contribution >= 4 is 35.0 Å². The van der Waals surface area contributed by atoms with E-state index in [1.54, 1.807) is 0 Å². The fourth-order valence-electron chi connectivity index (χ4n) is 3.80. The second kappa shape index (κ2) is 14.4. The number of carbonyl (C=O) groups is 2. The molecule has 2 heterocycles. The molecule has 0 spiro atoms. The first-order chi connectivity index (χ1) is 16.9. The predicted molar refractivity (Wildman–Crippen MR) is 141 cm³/mol. The van der Waals surface area contributed by atoms with E-state index in [1.807, 2.05) is 70.5 Å². The van der Waals surface area contributed by atoms with Gasteiger partial charge in [-0.15, -0.1) is 0 Å². The fraction of sp³-hybridized carbons (Fsp3) is 0.481. The third-order valence-corrected chi connectivity index (χ3v) is 6.63. The number of morpholine rings is 1. The lowest BCUT2D eigenvalue weighted by molar-refractivity contribution is -0.158. The molecule has 1 unspecified atom stereocenters. The molecule has 0 N–H and O–H groups in total. The summed E-state index contributed by atoms with van der Waals surface area (Å²) in [5.41, 5.74) is 0. The average molecular weight is 521 g/mol. The third-order valence-electron chi connectivity index (χ3n) is 6.13. The normalized spacial score (nSPS) is 20.3. The molecular formula is C27H35Cl2N3O3. The molecule has 6 nitrogen and oxygen atoms in total. The van der Waals surface area contributed by atoms with Crippen molar-refractivity contribution in [3.8, 4) is 0 Å². The molecular weight excluding hydrogens is 485 g/mol. The van der Waals surface area contributed by atoms with Gasteiger partial charge in [-0.3, -0.25) is 9.59 Å². The van der Waals surface area contributed by atoms with Crippen molar-refractivity contribution in [2.75, 3.05) is 52.9 Å². The average Bonchev–Trinajstić information content (AvgIpc) is 3.68. The molecule has 5 rings (SSSR count). The largest absolute Gasteiger partial charge is 0.366 e. The molecule has 2 saturated heterocycles. The van der Waals surface area contributed by atoms with E-state index >= 15 is 0 Å². The Balaban J connectivity index is 0.000000198. The first-order valence-corrected chi connectivity index (χ1v) is 13.0. The van der Waals surface area contributed by atoms with Crippen LogP contribution in [0.15, 0.2) is 60.7 Å². The molecule has 8 heteroatoms. The van der Waals surface area contributed by atoms with Gasteiger partial charge in [0.1, 0.15) is 6.10 Å². The van der Waals surface area contributed by atoms with E-state index in [0.717, 1.165) is 42.8 Å². The van der Waals surface area contributed by atoms with E-state index in [2.05, 4.69) is 11.9 Å². The number of likely N-dealkylation sites (N-methyl/N-ethyl adjacent to an activating group) is 1. The molecule has 3 fully saturated rings. The zero-order chi connectivity index (χ0) is 25.0. The topological polar surface area (TPSA) is 53.1 Å². The van der Waals surface area contributed by atoms with E-state index < -0.39 is 6.10 Å². The minimum Gasteiger partial charge on any atom is -0.366 e. The van der Waals surface area contributed by atoms with E-state index in [1.165, 1.54) is 12.8 Å². The van der Waals surface area contributed by atoms with Gasteiger partial charge in [0.15, 0.2) is 0 Å². The summed E-state index contributed by atoms with van der Waals surface area (Å²) < 4.78 is 5.56. The van der Waals surface area contributed by atoms with Crippen molar-refractivity contribution in [2.45, 2.75) is 25.4 Å². The van der Waals surface area contributed by atoms with Crippen molar-refractivity contribution in [3.63, 3.8) is 0 Å². The van der Waals surface area contributed by atoms with Crippen molar-refractivity contribution in [3.05, 3.63) is 70.7 Å². The van der Waals surface area contributed by atoms with Crippen molar-refractivity contribution in [2.24, 2.45) is 5.92 Å². The summed E-state index contributed by atoms with van der Waals surface area (Å²) in [5.74, 6) is 0.742. The van der Waals surface area contributed by atoms with E-state index in [4.69, 9.17) is 27.9 Å². The van der Waals surface area contributed by atoms with Gasteiger partial charge in [-0.25, -0.2) is 0 Å². The van der Waals surface area contributed by atoms with E-state index in [9.17, 15) is 9.59 Å². The van der Waals surface area contributed by atoms with Gasteiger partial charge in [-0.05, 0) is 50.1 Å². The molecule has 35 heavy (non-hydrogen) atoms. The molecule has 2 amide bonds. The van der Waals surface area contributed by atoms with Crippen LogP contribution in [-0.4, -0.2) is 85.5 Å². The molecule has 190 valence electrons. The predicted octanol–water partition coefficient (Wildman–Crippen LogP) is 4.47. The number of benzene rings is 2. The summed E-state index contributed by atoms with van der Waals surface area (Å²) in [6.45, 7) is 5.39. The zero-order valence-electron chi connectivity index (χ0n) is 20.3. The Labute approximate surface area is 218 Å². The Morgan fingerprint density at radius 2 is 1.43 bits per heavy atom. The van der Waals surface area contributed by atoms with Gasteiger partial charge in [0.2, 0.25) is 5.91 Å². The van der Waals surface area contributed by atoms with Crippen LogP contribution >= 0.6 is 23.2 Å². The molecule has 0 bridgehead atoms. The quantitative estimate of drug-likeness (QED) is 0.597. The summed E-state index contributed by atoms with van der Waals surface area (Å²) in [6, 6.07) is 18.9. The number of halogens is 2. The highest BCUT2D eigenvalue weighted by Crippen LogP contribution is 2.30. The van der Waals surface area contributed by atoms with Gasteiger partial charge in [-0.2, -0.15) is 0 Å². The number of piperazine rings is 1. The molecule has 2 aliphatic heterocycles. The highest BCUT2D eigenvalue weighted by atomic mass is 35.5. The van der Waals surface area contributed by atoms with Crippen LogP contribution in [0, 0.1) is 5.92 Å². The summed E-state index contributed by atoms with van der Waals surface area (Å²) in [5, 5.41) is 1.59. The van der Waals surface area contributed by atoms with Gasteiger partial charge < -0.3 is 19.4 Å². The van der Waals surface area contributed by atoms with Crippen LogP contribution in [0.5, 0.6) is 0 Å². The molecule has 0 radical (unpaired) electrons. The SMILES string of the molecule is CN1CCN(C(=O)CC2OCCN(CC3CC3)C2=O)CC1.Clc1ccccc1.Clc1ccccc1. The number of carbonyl (C=O) groups excluding carboxylic acids is 2. The zero-order valence-corrected chi connectivity index (χ0v) is 21.8. The van der Waals surface area contributed by atoms with E-state index in [0.29, 0.717) is 19.1 Å². The van der Waals surface area contributed by atoms with Gasteiger partial charge in [0.25, 0.3) is 5.91 Å².